The lowest BCUT2D eigenvalue weighted by Gasteiger charge is -2.29. The molecule has 76 heavy (non-hydrogen) atoms. The predicted octanol–water partition coefficient (Wildman–Crippen LogP) is 13.6. The van der Waals surface area contributed by atoms with Gasteiger partial charge in [-0.3, -0.25) is 19.2 Å². The predicted molar refractivity (Wildman–Crippen MR) is 305 cm³/mol. The number of rotatable bonds is 53. The Labute approximate surface area is 463 Å². The highest BCUT2D eigenvalue weighted by molar-refractivity contribution is 5.71. The number of allylic oxidation sites excluding steroid dienone is 2. The minimum Gasteiger partial charge on any atom is -0.466 e. The number of carbonyl (C=O) groups is 6. The molecule has 0 aliphatic rings. The van der Waals surface area contributed by atoms with Gasteiger partial charge in [-0.25, -0.2) is 9.59 Å². The standard InChI is InChI=1S/C62H114N2O12/c1-9-11-13-33-41-57(75-61(69)53-63(5,6)47-51-71-55(3)65)43-35-27-21-15-17-23-29-37-45-59(67)73-49-39-31-25-19-20-26-32-40-50-74-60(68)46-38-30-24-18-16-22-28-36-44-58(42-34-14-12-10-2)76-62(70)54-64(7,8)48-52-72-56(4)66/h27-28,35-36,57-58H,9-26,29-34,37-54H2,1-8H3/q+2/b35-27+,36-28+. The zero-order valence-electron chi connectivity index (χ0n) is 50.0. The second kappa shape index (κ2) is 49.5. The van der Waals surface area contributed by atoms with E-state index in [0.717, 1.165) is 167 Å². The Bertz CT molecular complexity index is 1430. The monoisotopic (exact) mass is 1080 g/mol. The van der Waals surface area contributed by atoms with Gasteiger partial charge in [0.1, 0.15) is 38.5 Å². The van der Waals surface area contributed by atoms with Crippen LogP contribution in [0, 0.1) is 0 Å². The van der Waals surface area contributed by atoms with Gasteiger partial charge < -0.3 is 37.4 Å². The van der Waals surface area contributed by atoms with Crippen molar-refractivity contribution in [3.63, 3.8) is 0 Å². The Balaban J connectivity index is 3.89. The van der Waals surface area contributed by atoms with Crippen molar-refractivity contribution in [2.75, 3.05) is 80.8 Å². The molecule has 0 aliphatic heterocycles. The third kappa shape index (κ3) is 51.0. The number of quaternary nitrogens is 2. The van der Waals surface area contributed by atoms with Crippen LogP contribution in [0.1, 0.15) is 246 Å². The van der Waals surface area contributed by atoms with Crippen LogP contribution in [0.15, 0.2) is 24.3 Å². The summed E-state index contributed by atoms with van der Waals surface area (Å²) in [6.07, 6.45) is 42.8. The number of hydrogen-bond acceptors (Lipinski definition) is 12. The fourth-order valence-electron chi connectivity index (χ4n) is 8.86. The van der Waals surface area contributed by atoms with E-state index in [1.807, 2.05) is 28.2 Å². The van der Waals surface area contributed by atoms with Crippen molar-refractivity contribution in [2.45, 2.75) is 258 Å². The summed E-state index contributed by atoms with van der Waals surface area (Å²) in [5.41, 5.74) is 0. The number of likely N-dealkylation sites (N-methyl/N-ethyl adjacent to an activating group) is 2. The molecule has 14 nitrogen and oxygen atoms in total. The third-order valence-electron chi connectivity index (χ3n) is 13.7. The highest BCUT2D eigenvalue weighted by atomic mass is 16.6. The van der Waals surface area contributed by atoms with Crippen LogP contribution in [0.2, 0.25) is 0 Å². The number of nitrogens with zero attached hydrogens (tertiary/aromatic N) is 2. The number of ether oxygens (including phenoxy) is 6. The Morgan fingerprint density at radius 2 is 0.697 bits per heavy atom. The summed E-state index contributed by atoms with van der Waals surface area (Å²) in [6, 6.07) is 0. The summed E-state index contributed by atoms with van der Waals surface area (Å²) in [5.74, 6) is -1.22. The van der Waals surface area contributed by atoms with Crippen LogP contribution < -0.4 is 0 Å². The van der Waals surface area contributed by atoms with Crippen LogP contribution in [0.4, 0.5) is 0 Å². The molecule has 0 fully saturated rings. The van der Waals surface area contributed by atoms with Crippen LogP contribution in [-0.4, -0.2) is 138 Å². The molecule has 0 bridgehead atoms. The van der Waals surface area contributed by atoms with E-state index in [0.29, 0.717) is 48.1 Å². The molecular weight excluding hydrogens is 965 g/mol. The molecule has 0 rings (SSSR count). The maximum atomic E-state index is 12.8. The molecule has 442 valence electrons. The second-order valence-corrected chi connectivity index (χ2v) is 22.5. The molecular formula is C62H114N2O12+2. The number of unbranched alkanes of at least 4 members (excludes halogenated alkanes) is 23. The largest absolute Gasteiger partial charge is 0.466 e. The molecule has 14 heteroatoms. The van der Waals surface area contributed by atoms with Crippen molar-refractivity contribution in [3.8, 4) is 0 Å². The van der Waals surface area contributed by atoms with Gasteiger partial charge in [-0.15, -0.1) is 0 Å². The van der Waals surface area contributed by atoms with Crippen LogP contribution >= 0.6 is 0 Å². The van der Waals surface area contributed by atoms with Gasteiger partial charge in [0.05, 0.1) is 41.4 Å². The van der Waals surface area contributed by atoms with Gasteiger partial charge in [0.15, 0.2) is 13.1 Å². The highest BCUT2D eigenvalue weighted by Crippen LogP contribution is 2.17. The molecule has 0 aliphatic carbocycles. The zero-order valence-corrected chi connectivity index (χ0v) is 50.0. The van der Waals surface area contributed by atoms with Crippen LogP contribution in [-0.2, 0) is 57.2 Å². The Kier molecular flexibility index (Phi) is 47.0. The van der Waals surface area contributed by atoms with E-state index >= 15 is 0 Å². The summed E-state index contributed by atoms with van der Waals surface area (Å²) in [7, 11) is 7.78. The van der Waals surface area contributed by atoms with E-state index in [4.69, 9.17) is 28.4 Å². The molecule has 2 atom stereocenters. The van der Waals surface area contributed by atoms with Crippen molar-refractivity contribution < 1.29 is 66.2 Å². The maximum Gasteiger partial charge on any atom is 0.362 e. The van der Waals surface area contributed by atoms with Crippen molar-refractivity contribution in [1.29, 1.82) is 0 Å². The fraction of sp³-hybridized carbons (Fsp3) is 0.839. The molecule has 0 saturated carbocycles. The highest BCUT2D eigenvalue weighted by Gasteiger charge is 2.25. The van der Waals surface area contributed by atoms with E-state index in [-0.39, 0.29) is 74.3 Å². The topological polar surface area (TPSA) is 158 Å². The lowest BCUT2D eigenvalue weighted by molar-refractivity contribution is -0.883. The van der Waals surface area contributed by atoms with Crippen molar-refractivity contribution in [1.82, 2.24) is 0 Å². The fourth-order valence-corrected chi connectivity index (χ4v) is 8.86. The van der Waals surface area contributed by atoms with Crippen molar-refractivity contribution >= 4 is 35.8 Å². The van der Waals surface area contributed by atoms with Gasteiger partial charge in [-0.05, 0) is 77.0 Å². The van der Waals surface area contributed by atoms with Gasteiger partial charge in [0.2, 0.25) is 0 Å². The molecule has 0 N–H and O–H groups in total. The minimum atomic E-state index is -0.314. The molecule has 0 aromatic carbocycles. The molecule has 0 aromatic heterocycles. The lowest BCUT2D eigenvalue weighted by atomic mass is 10.1. The van der Waals surface area contributed by atoms with E-state index in [9.17, 15) is 28.8 Å². The molecule has 2 unspecified atom stereocenters. The lowest BCUT2D eigenvalue weighted by Crippen LogP contribution is -2.47. The first-order valence-corrected chi connectivity index (χ1v) is 30.4. The molecule has 0 spiro atoms. The first-order chi connectivity index (χ1) is 36.5. The van der Waals surface area contributed by atoms with E-state index < -0.39 is 0 Å². The number of hydrogen-bond donors (Lipinski definition) is 0. The summed E-state index contributed by atoms with van der Waals surface area (Å²) in [6.45, 7) is 10.3. The van der Waals surface area contributed by atoms with Gasteiger partial charge in [0, 0.05) is 39.5 Å². The minimum absolute atomic E-state index is 0.0846. The normalized spacial score (nSPS) is 12.7. The zero-order chi connectivity index (χ0) is 56.4. The van der Waals surface area contributed by atoms with Crippen LogP contribution in [0.25, 0.3) is 0 Å². The molecule has 0 saturated heterocycles. The Hall–Kier alpha value is -3.78. The molecule has 0 heterocycles. The SMILES string of the molecule is CCCCCCC(C/C=C/CCCCCCCC(=O)OCCCCCCCCCCOC(=O)CCCCCCC/C=C/CC(CCCCCC)OC(=O)C[N+](C)(C)CCOC(C)=O)OC(=O)C[N+](C)(C)CCOC(C)=O. The average Bonchev–Trinajstić information content (AvgIpc) is 3.34. The first-order valence-electron chi connectivity index (χ1n) is 30.4. The number of carbonyl (C=O) groups excluding carboxylic acids is 6. The third-order valence-corrected chi connectivity index (χ3v) is 13.7. The average molecular weight is 1080 g/mol. The van der Waals surface area contributed by atoms with Crippen molar-refractivity contribution in [2.24, 2.45) is 0 Å². The maximum absolute atomic E-state index is 12.8. The van der Waals surface area contributed by atoms with Crippen molar-refractivity contribution in [3.05, 3.63) is 24.3 Å². The molecule has 0 radical (unpaired) electrons. The van der Waals surface area contributed by atoms with Gasteiger partial charge in [0.25, 0.3) is 0 Å². The van der Waals surface area contributed by atoms with Crippen LogP contribution in [0.5, 0.6) is 0 Å². The summed E-state index contributed by atoms with van der Waals surface area (Å²) < 4.78 is 33.7. The quantitative estimate of drug-likeness (QED) is 0.0187. The van der Waals surface area contributed by atoms with E-state index in [1.165, 1.54) is 52.4 Å². The summed E-state index contributed by atoms with van der Waals surface area (Å²) >= 11 is 0. The smallest absolute Gasteiger partial charge is 0.362 e. The van der Waals surface area contributed by atoms with Crippen LogP contribution in [0.3, 0.4) is 0 Å². The molecule has 0 aromatic rings. The summed E-state index contributed by atoms with van der Waals surface area (Å²) in [5, 5.41) is 0. The number of esters is 6. The van der Waals surface area contributed by atoms with Gasteiger partial charge in [-0.2, -0.15) is 0 Å². The Morgan fingerprint density at radius 3 is 1.05 bits per heavy atom. The Morgan fingerprint density at radius 1 is 0.368 bits per heavy atom. The van der Waals surface area contributed by atoms with Gasteiger partial charge in [-0.1, -0.05) is 154 Å². The second-order valence-electron chi connectivity index (χ2n) is 22.5. The first kappa shape index (κ1) is 72.2. The summed E-state index contributed by atoms with van der Waals surface area (Å²) in [4.78, 5) is 72.2. The van der Waals surface area contributed by atoms with Gasteiger partial charge >= 0.3 is 35.8 Å². The van der Waals surface area contributed by atoms with E-state index in [2.05, 4.69) is 38.2 Å². The molecule has 0 amide bonds. The van der Waals surface area contributed by atoms with E-state index in [1.54, 1.807) is 0 Å².